The summed E-state index contributed by atoms with van der Waals surface area (Å²) in [6, 6.07) is 4.54. The fraction of sp³-hybridized carbons (Fsp3) is 0.500. The SMILES string of the molecule is Cc1[nH]c2ccc(F)cc2c1CC(=O)NCC(O)C1CCCC1. The number of halogens is 1. The predicted octanol–water partition coefficient (Wildman–Crippen LogP) is 2.83. The van der Waals surface area contributed by atoms with E-state index in [1.807, 2.05) is 6.92 Å². The van der Waals surface area contributed by atoms with Gasteiger partial charge in [-0.05, 0) is 49.4 Å². The molecule has 4 nitrogen and oxygen atoms in total. The Morgan fingerprint density at radius 1 is 1.43 bits per heavy atom. The number of rotatable bonds is 5. The van der Waals surface area contributed by atoms with Crippen LogP contribution in [-0.4, -0.2) is 28.6 Å². The molecule has 1 amide bonds. The van der Waals surface area contributed by atoms with Crippen molar-refractivity contribution < 1.29 is 14.3 Å². The summed E-state index contributed by atoms with van der Waals surface area (Å²) in [5.74, 6) is -0.149. The Labute approximate surface area is 135 Å². The lowest BCUT2D eigenvalue weighted by Crippen LogP contribution is -2.36. The van der Waals surface area contributed by atoms with Crippen LogP contribution >= 0.6 is 0 Å². The van der Waals surface area contributed by atoms with Crippen LogP contribution in [0.25, 0.3) is 10.9 Å². The highest BCUT2D eigenvalue weighted by Crippen LogP contribution is 2.27. The zero-order chi connectivity index (χ0) is 16.4. The highest BCUT2D eigenvalue weighted by Gasteiger charge is 2.23. The zero-order valence-corrected chi connectivity index (χ0v) is 13.4. The highest BCUT2D eigenvalue weighted by molar-refractivity contribution is 5.90. The molecule has 3 rings (SSSR count). The lowest BCUT2D eigenvalue weighted by atomic mass is 10.0. The third-order valence-electron chi connectivity index (χ3n) is 4.87. The summed E-state index contributed by atoms with van der Waals surface area (Å²) in [7, 11) is 0. The van der Waals surface area contributed by atoms with Crippen molar-refractivity contribution in [2.24, 2.45) is 5.92 Å². The third-order valence-corrected chi connectivity index (χ3v) is 4.87. The van der Waals surface area contributed by atoms with E-state index in [-0.39, 0.29) is 18.1 Å². The first-order valence-electron chi connectivity index (χ1n) is 8.26. The number of carbonyl (C=O) groups is 1. The molecule has 1 aromatic heterocycles. The number of benzene rings is 1. The minimum Gasteiger partial charge on any atom is -0.391 e. The number of H-pyrrole nitrogens is 1. The van der Waals surface area contributed by atoms with Gasteiger partial charge in [-0.3, -0.25) is 4.79 Å². The molecule has 1 atom stereocenters. The van der Waals surface area contributed by atoms with Gasteiger partial charge in [0.05, 0.1) is 12.5 Å². The number of carbonyl (C=O) groups excluding carboxylic acids is 1. The molecule has 1 unspecified atom stereocenters. The predicted molar refractivity (Wildman–Crippen MR) is 87.7 cm³/mol. The largest absolute Gasteiger partial charge is 0.391 e. The molecular formula is C18H23FN2O2. The van der Waals surface area contributed by atoms with Crippen LogP contribution in [0.2, 0.25) is 0 Å². The molecular weight excluding hydrogens is 295 g/mol. The van der Waals surface area contributed by atoms with Crippen LogP contribution in [0.3, 0.4) is 0 Å². The number of hydrogen-bond acceptors (Lipinski definition) is 2. The first-order chi connectivity index (χ1) is 11.0. The van der Waals surface area contributed by atoms with Crippen LogP contribution in [0.4, 0.5) is 4.39 Å². The fourth-order valence-electron chi connectivity index (χ4n) is 3.53. The molecule has 1 aromatic carbocycles. The lowest BCUT2D eigenvalue weighted by molar-refractivity contribution is -0.121. The number of aromatic amines is 1. The van der Waals surface area contributed by atoms with Crippen molar-refractivity contribution in [3.63, 3.8) is 0 Å². The van der Waals surface area contributed by atoms with E-state index in [2.05, 4.69) is 10.3 Å². The summed E-state index contributed by atoms with van der Waals surface area (Å²) in [5.41, 5.74) is 2.52. The Morgan fingerprint density at radius 3 is 2.91 bits per heavy atom. The number of aromatic nitrogens is 1. The van der Waals surface area contributed by atoms with Gasteiger partial charge in [0.15, 0.2) is 0 Å². The van der Waals surface area contributed by atoms with Crippen LogP contribution in [-0.2, 0) is 11.2 Å². The van der Waals surface area contributed by atoms with E-state index in [1.165, 1.54) is 12.1 Å². The van der Waals surface area contributed by atoms with Crippen molar-refractivity contribution in [1.29, 1.82) is 0 Å². The number of aliphatic hydroxyl groups excluding tert-OH is 1. The summed E-state index contributed by atoms with van der Waals surface area (Å²) in [4.78, 5) is 15.4. The van der Waals surface area contributed by atoms with Crippen molar-refractivity contribution >= 4 is 16.8 Å². The van der Waals surface area contributed by atoms with Gasteiger partial charge in [-0.1, -0.05) is 12.8 Å². The van der Waals surface area contributed by atoms with E-state index < -0.39 is 6.10 Å². The van der Waals surface area contributed by atoms with Crippen LogP contribution in [0.15, 0.2) is 18.2 Å². The molecule has 0 aliphatic heterocycles. The number of amides is 1. The topological polar surface area (TPSA) is 65.1 Å². The maximum atomic E-state index is 13.4. The monoisotopic (exact) mass is 318 g/mol. The molecule has 1 fully saturated rings. The molecule has 5 heteroatoms. The Bertz CT molecular complexity index is 704. The molecule has 0 radical (unpaired) electrons. The van der Waals surface area contributed by atoms with Gasteiger partial charge < -0.3 is 15.4 Å². The zero-order valence-electron chi connectivity index (χ0n) is 13.4. The van der Waals surface area contributed by atoms with Crippen LogP contribution in [0, 0.1) is 18.7 Å². The molecule has 124 valence electrons. The Morgan fingerprint density at radius 2 is 2.17 bits per heavy atom. The highest BCUT2D eigenvalue weighted by atomic mass is 19.1. The van der Waals surface area contributed by atoms with Gasteiger partial charge in [0.1, 0.15) is 5.82 Å². The van der Waals surface area contributed by atoms with Gasteiger partial charge >= 0.3 is 0 Å². The van der Waals surface area contributed by atoms with E-state index in [9.17, 15) is 14.3 Å². The van der Waals surface area contributed by atoms with Crippen molar-refractivity contribution in [2.75, 3.05) is 6.54 Å². The Hall–Kier alpha value is -1.88. The normalized spacial score (nSPS) is 16.8. The van der Waals surface area contributed by atoms with Gasteiger partial charge in [0.25, 0.3) is 0 Å². The van der Waals surface area contributed by atoms with E-state index in [0.717, 1.165) is 47.8 Å². The van der Waals surface area contributed by atoms with E-state index in [1.54, 1.807) is 6.07 Å². The van der Waals surface area contributed by atoms with Gasteiger partial charge in [-0.2, -0.15) is 0 Å². The molecule has 1 aliphatic rings. The smallest absolute Gasteiger partial charge is 0.224 e. The second-order valence-electron chi connectivity index (χ2n) is 6.51. The number of nitrogens with one attached hydrogen (secondary N) is 2. The minimum absolute atomic E-state index is 0.143. The van der Waals surface area contributed by atoms with E-state index in [4.69, 9.17) is 0 Å². The minimum atomic E-state index is -0.469. The Kier molecular flexibility index (Phi) is 4.66. The Balaban J connectivity index is 1.63. The summed E-state index contributed by atoms with van der Waals surface area (Å²) >= 11 is 0. The van der Waals surface area contributed by atoms with Crippen molar-refractivity contribution in [1.82, 2.24) is 10.3 Å². The maximum absolute atomic E-state index is 13.4. The third kappa shape index (κ3) is 3.55. The molecule has 1 saturated carbocycles. The van der Waals surface area contributed by atoms with Crippen molar-refractivity contribution in [3.05, 3.63) is 35.3 Å². The van der Waals surface area contributed by atoms with Crippen LogP contribution < -0.4 is 5.32 Å². The van der Waals surface area contributed by atoms with Gasteiger partial charge in [0.2, 0.25) is 5.91 Å². The quantitative estimate of drug-likeness (QED) is 0.794. The van der Waals surface area contributed by atoms with Crippen molar-refractivity contribution in [2.45, 2.75) is 45.1 Å². The second-order valence-corrected chi connectivity index (χ2v) is 6.51. The van der Waals surface area contributed by atoms with Gasteiger partial charge in [-0.15, -0.1) is 0 Å². The van der Waals surface area contributed by atoms with Gasteiger partial charge in [0, 0.05) is 23.1 Å². The molecule has 1 heterocycles. The first-order valence-corrected chi connectivity index (χ1v) is 8.26. The average Bonchev–Trinajstić information content (AvgIpc) is 3.15. The first kappa shape index (κ1) is 16.0. The van der Waals surface area contributed by atoms with E-state index >= 15 is 0 Å². The number of fused-ring (bicyclic) bond motifs is 1. The maximum Gasteiger partial charge on any atom is 0.224 e. The number of aryl methyl sites for hydroxylation is 1. The summed E-state index contributed by atoms with van der Waals surface area (Å²) < 4.78 is 13.4. The molecule has 0 bridgehead atoms. The molecule has 23 heavy (non-hydrogen) atoms. The molecule has 0 saturated heterocycles. The number of hydrogen-bond donors (Lipinski definition) is 3. The second kappa shape index (κ2) is 6.71. The molecule has 3 N–H and O–H groups in total. The van der Waals surface area contributed by atoms with Crippen LogP contribution in [0.5, 0.6) is 0 Å². The van der Waals surface area contributed by atoms with Crippen molar-refractivity contribution in [3.8, 4) is 0 Å². The standard InChI is InChI=1S/C18H23FN2O2/c1-11-14(15-8-13(19)6-7-16(15)21-11)9-18(23)20-10-17(22)12-4-2-3-5-12/h6-8,12,17,21-22H,2-5,9-10H2,1H3,(H,20,23). The summed E-state index contributed by atoms with van der Waals surface area (Å²) in [6.45, 7) is 2.17. The fourth-order valence-corrected chi connectivity index (χ4v) is 3.53. The molecule has 1 aliphatic carbocycles. The summed E-state index contributed by atoms with van der Waals surface area (Å²) in [6.07, 6.45) is 4.12. The summed E-state index contributed by atoms with van der Waals surface area (Å²) in [5, 5.41) is 13.7. The van der Waals surface area contributed by atoms with Gasteiger partial charge in [-0.25, -0.2) is 4.39 Å². The van der Waals surface area contributed by atoms with E-state index in [0.29, 0.717) is 12.5 Å². The molecule has 2 aromatic rings. The lowest BCUT2D eigenvalue weighted by Gasteiger charge is -2.18. The average molecular weight is 318 g/mol. The molecule has 0 spiro atoms. The number of aliphatic hydroxyl groups is 1. The van der Waals surface area contributed by atoms with Crippen LogP contribution in [0.1, 0.15) is 36.9 Å².